The van der Waals surface area contributed by atoms with Crippen LogP contribution < -0.4 is 14.8 Å². The van der Waals surface area contributed by atoms with Crippen LogP contribution in [0.25, 0.3) is 0 Å². The molecule has 0 amide bonds. The Morgan fingerprint density at radius 1 is 1.13 bits per heavy atom. The van der Waals surface area contributed by atoms with Gasteiger partial charge in [0.25, 0.3) is 0 Å². The SMILES string of the molecule is C=C1[C@@H](c2ccc(OC(F)F)cc2)[C@@](C)(c2cccc(OC(F)(F)F)c2)NC(=N)N1C. The molecule has 10 heteroatoms. The van der Waals surface area contributed by atoms with E-state index in [1.165, 1.54) is 35.2 Å². The summed E-state index contributed by atoms with van der Waals surface area (Å²) in [6, 6.07) is 11.4. The molecule has 0 radical (unpaired) electrons. The first kappa shape index (κ1) is 22.4. The lowest BCUT2D eigenvalue weighted by Gasteiger charge is -2.48. The summed E-state index contributed by atoms with van der Waals surface area (Å²) >= 11 is 0. The molecule has 1 heterocycles. The van der Waals surface area contributed by atoms with E-state index >= 15 is 0 Å². The zero-order valence-electron chi connectivity index (χ0n) is 16.6. The predicted octanol–water partition coefficient (Wildman–Crippen LogP) is 5.17. The lowest BCUT2D eigenvalue weighted by atomic mass is 9.72. The molecule has 5 nitrogen and oxygen atoms in total. The van der Waals surface area contributed by atoms with Gasteiger partial charge in [-0.3, -0.25) is 5.41 Å². The van der Waals surface area contributed by atoms with Gasteiger partial charge in [0.15, 0.2) is 5.96 Å². The van der Waals surface area contributed by atoms with Crippen LogP contribution in [0.4, 0.5) is 22.0 Å². The van der Waals surface area contributed by atoms with E-state index in [0.29, 0.717) is 16.8 Å². The standard InChI is InChI=1S/C21H20F5N3O2/c1-12-17(13-7-9-15(10-8-13)30-18(22)23)20(2,28-19(27)29(12)3)14-5-4-6-16(11-14)31-21(24,25)26/h4-11,17-18H,1H2,2-3H3,(H2,27,28)/t17-,20+/m0/s1. The topological polar surface area (TPSA) is 57.6 Å². The summed E-state index contributed by atoms with van der Waals surface area (Å²) in [5, 5.41) is 11.3. The number of hydrogen-bond donors (Lipinski definition) is 2. The lowest BCUT2D eigenvalue weighted by Crippen LogP contribution is -2.58. The summed E-state index contributed by atoms with van der Waals surface area (Å²) < 4.78 is 71.4. The fourth-order valence-corrected chi connectivity index (χ4v) is 3.69. The Kier molecular flexibility index (Phi) is 5.84. The highest BCUT2D eigenvalue weighted by atomic mass is 19.4. The summed E-state index contributed by atoms with van der Waals surface area (Å²) in [6.07, 6.45) is -4.85. The Morgan fingerprint density at radius 3 is 2.35 bits per heavy atom. The third kappa shape index (κ3) is 4.73. The molecule has 1 aliphatic rings. The van der Waals surface area contributed by atoms with E-state index in [4.69, 9.17) is 5.41 Å². The first-order valence-corrected chi connectivity index (χ1v) is 9.11. The predicted molar refractivity (Wildman–Crippen MR) is 104 cm³/mol. The summed E-state index contributed by atoms with van der Waals surface area (Å²) in [4.78, 5) is 1.51. The zero-order chi connectivity index (χ0) is 23.0. The number of nitrogens with zero attached hydrogens (tertiary/aromatic N) is 1. The maximum absolute atomic E-state index is 12.7. The van der Waals surface area contributed by atoms with Crippen LogP contribution in [0.2, 0.25) is 0 Å². The lowest BCUT2D eigenvalue weighted by molar-refractivity contribution is -0.274. The van der Waals surface area contributed by atoms with Crippen LogP contribution >= 0.6 is 0 Å². The van der Waals surface area contributed by atoms with Gasteiger partial charge in [0.2, 0.25) is 0 Å². The maximum Gasteiger partial charge on any atom is 0.573 e. The van der Waals surface area contributed by atoms with Crippen molar-refractivity contribution < 1.29 is 31.4 Å². The highest BCUT2D eigenvalue weighted by molar-refractivity contribution is 5.82. The second-order valence-electron chi connectivity index (χ2n) is 7.18. The number of rotatable bonds is 5. The van der Waals surface area contributed by atoms with Crippen molar-refractivity contribution in [2.75, 3.05) is 7.05 Å². The Hall–Kier alpha value is -3.30. The van der Waals surface area contributed by atoms with E-state index in [9.17, 15) is 22.0 Å². The highest BCUT2D eigenvalue weighted by Gasteiger charge is 2.45. The molecule has 0 spiro atoms. The number of guanidine groups is 1. The molecule has 1 saturated heterocycles. The molecule has 31 heavy (non-hydrogen) atoms. The van der Waals surface area contributed by atoms with Crippen LogP contribution in [-0.4, -0.2) is 30.9 Å². The molecule has 2 N–H and O–H groups in total. The molecule has 3 rings (SSSR count). The van der Waals surface area contributed by atoms with Crippen LogP contribution in [-0.2, 0) is 5.54 Å². The maximum atomic E-state index is 12.7. The van der Waals surface area contributed by atoms with Gasteiger partial charge in [0.1, 0.15) is 11.5 Å². The molecule has 0 bridgehead atoms. The molecule has 1 fully saturated rings. The molecule has 2 aromatic rings. The van der Waals surface area contributed by atoms with Crippen LogP contribution in [0.3, 0.4) is 0 Å². The van der Waals surface area contributed by atoms with E-state index in [0.717, 1.165) is 0 Å². The van der Waals surface area contributed by atoms with Crippen molar-refractivity contribution in [2.45, 2.75) is 31.4 Å². The highest BCUT2D eigenvalue weighted by Crippen LogP contribution is 2.45. The fraction of sp³-hybridized carbons (Fsp3) is 0.286. The monoisotopic (exact) mass is 441 g/mol. The van der Waals surface area contributed by atoms with Crippen LogP contribution in [0, 0.1) is 5.41 Å². The van der Waals surface area contributed by atoms with Crippen LogP contribution in [0.5, 0.6) is 11.5 Å². The molecule has 1 aliphatic heterocycles. The Bertz CT molecular complexity index is 978. The third-order valence-corrected chi connectivity index (χ3v) is 5.16. The van der Waals surface area contributed by atoms with E-state index in [2.05, 4.69) is 21.4 Å². The van der Waals surface area contributed by atoms with Crippen molar-refractivity contribution in [3.05, 3.63) is 71.9 Å². The minimum atomic E-state index is -4.85. The number of likely N-dealkylation sites (N-methyl/N-ethyl adjacent to an activating group) is 1. The zero-order valence-corrected chi connectivity index (χ0v) is 16.6. The molecule has 0 unspecified atom stereocenters. The van der Waals surface area contributed by atoms with Gasteiger partial charge in [-0.25, -0.2) is 0 Å². The van der Waals surface area contributed by atoms with Gasteiger partial charge in [0, 0.05) is 12.7 Å². The first-order valence-electron chi connectivity index (χ1n) is 9.11. The summed E-state index contributed by atoms with van der Waals surface area (Å²) in [5.74, 6) is -0.975. The van der Waals surface area contributed by atoms with E-state index in [1.807, 2.05) is 0 Å². The van der Waals surface area contributed by atoms with E-state index < -0.39 is 30.2 Å². The van der Waals surface area contributed by atoms with Crippen molar-refractivity contribution in [2.24, 2.45) is 0 Å². The number of hydrogen-bond acceptors (Lipinski definition) is 3. The normalized spacial score (nSPS) is 21.8. The molecule has 0 aromatic heterocycles. The number of nitrogens with one attached hydrogen (secondary N) is 2. The summed E-state index contributed by atoms with van der Waals surface area (Å²) in [7, 11) is 1.63. The fourth-order valence-electron chi connectivity index (χ4n) is 3.69. The molecule has 2 aromatic carbocycles. The minimum Gasteiger partial charge on any atom is -0.435 e. The molecule has 2 atom stereocenters. The quantitative estimate of drug-likeness (QED) is 0.629. The van der Waals surface area contributed by atoms with E-state index in [-0.39, 0.29) is 11.7 Å². The van der Waals surface area contributed by atoms with Gasteiger partial charge in [-0.05, 0) is 42.3 Å². The van der Waals surface area contributed by atoms with Crippen LogP contribution in [0.15, 0.2) is 60.8 Å². The first-order chi connectivity index (χ1) is 14.4. The van der Waals surface area contributed by atoms with Crippen molar-refractivity contribution in [1.29, 1.82) is 5.41 Å². The Balaban J connectivity index is 2.06. The number of ether oxygens (including phenoxy) is 2. The average Bonchev–Trinajstić information content (AvgIpc) is 2.66. The van der Waals surface area contributed by atoms with E-state index in [1.54, 1.807) is 32.2 Å². The Morgan fingerprint density at radius 2 is 1.77 bits per heavy atom. The third-order valence-electron chi connectivity index (χ3n) is 5.16. The number of alkyl halides is 5. The van der Waals surface area contributed by atoms with Gasteiger partial charge in [-0.15, -0.1) is 13.2 Å². The molecule has 0 saturated carbocycles. The summed E-state index contributed by atoms with van der Waals surface area (Å²) in [6.45, 7) is 2.82. The number of benzene rings is 2. The molecular weight excluding hydrogens is 421 g/mol. The largest absolute Gasteiger partial charge is 0.573 e. The van der Waals surface area contributed by atoms with Crippen molar-refractivity contribution in [3.8, 4) is 11.5 Å². The second-order valence-corrected chi connectivity index (χ2v) is 7.18. The smallest absolute Gasteiger partial charge is 0.435 e. The van der Waals surface area contributed by atoms with Gasteiger partial charge in [-0.2, -0.15) is 8.78 Å². The van der Waals surface area contributed by atoms with Crippen LogP contribution in [0.1, 0.15) is 24.0 Å². The molecule has 0 aliphatic carbocycles. The molecular formula is C21H20F5N3O2. The Labute approximate surface area is 175 Å². The average molecular weight is 441 g/mol. The number of halogens is 5. The van der Waals surface area contributed by atoms with Gasteiger partial charge in [-0.1, -0.05) is 30.8 Å². The second kappa shape index (κ2) is 8.09. The van der Waals surface area contributed by atoms with Gasteiger partial charge >= 0.3 is 13.0 Å². The van der Waals surface area contributed by atoms with Crippen molar-refractivity contribution >= 4 is 5.96 Å². The van der Waals surface area contributed by atoms with Crippen molar-refractivity contribution in [1.82, 2.24) is 10.2 Å². The van der Waals surface area contributed by atoms with Crippen molar-refractivity contribution in [3.63, 3.8) is 0 Å². The van der Waals surface area contributed by atoms with Gasteiger partial charge in [0.05, 0.1) is 11.5 Å². The minimum absolute atomic E-state index is 0.00328. The molecule has 166 valence electrons. The summed E-state index contributed by atoms with van der Waals surface area (Å²) in [5.41, 5.74) is 0.474. The van der Waals surface area contributed by atoms with Gasteiger partial charge < -0.3 is 19.7 Å².